The second kappa shape index (κ2) is 5.23. The first-order chi connectivity index (χ1) is 8.19. The SMILES string of the molecule is CCCCC(=O)Nc1nc2ccc(F)cc2s1. The van der Waals surface area contributed by atoms with Crippen LogP contribution in [0.15, 0.2) is 18.2 Å². The molecular weight excluding hydrogens is 239 g/mol. The van der Waals surface area contributed by atoms with E-state index in [-0.39, 0.29) is 11.7 Å². The first kappa shape index (κ1) is 12.0. The van der Waals surface area contributed by atoms with Crippen LogP contribution in [0.3, 0.4) is 0 Å². The molecular formula is C12H13FN2OS. The molecule has 17 heavy (non-hydrogen) atoms. The number of carbonyl (C=O) groups is 1. The zero-order chi connectivity index (χ0) is 12.3. The number of amides is 1. The fourth-order valence-electron chi connectivity index (χ4n) is 1.47. The van der Waals surface area contributed by atoms with Gasteiger partial charge in [0.05, 0.1) is 10.2 Å². The Hall–Kier alpha value is -1.49. The number of anilines is 1. The Labute approximate surface area is 103 Å². The van der Waals surface area contributed by atoms with E-state index in [4.69, 9.17) is 0 Å². The fraction of sp³-hybridized carbons (Fsp3) is 0.333. The molecule has 3 nitrogen and oxygen atoms in total. The number of aromatic nitrogens is 1. The number of unbranched alkanes of at least 4 members (excludes halogenated alkanes) is 1. The van der Waals surface area contributed by atoms with Gasteiger partial charge in [-0.25, -0.2) is 9.37 Å². The minimum absolute atomic E-state index is 0.0358. The average Bonchev–Trinajstić information content (AvgIpc) is 2.67. The summed E-state index contributed by atoms with van der Waals surface area (Å²) >= 11 is 1.29. The van der Waals surface area contributed by atoms with E-state index in [2.05, 4.69) is 10.3 Å². The molecule has 0 spiro atoms. The predicted octanol–water partition coefficient (Wildman–Crippen LogP) is 3.56. The molecule has 2 aromatic rings. The summed E-state index contributed by atoms with van der Waals surface area (Å²) in [7, 11) is 0. The van der Waals surface area contributed by atoms with Crippen molar-refractivity contribution >= 4 is 32.6 Å². The third-order valence-electron chi connectivity index (χ3n) is 2.35. The summed E-state index contributed by atoms with van der Waals surface area (Å²) in [6.07, 6.45) is 2.35. The highest BCUT2D eigenvalue weighted by molar-refractivity contribution is 7.22. The van der Waals surface area contributed by atoms with E-state index in [1.165, 1.54) is 23.5 Å². The van der Waals surface area contributed by atoms with E-state index in [0.29, 0.717) is 17.1 Å². The number of rotatable bonds is 4. The van der Waals surface area contributed by atoms with Gasteiger partial charge in [-0.3, -0.25) is 4.79 Å². The number of thiazole rings is 1. The van der Waals surface area contributed by atoms with Crippen molar-refractivity contribution in [1.29, 1.82) is 0 Å². The quantitative estimate of drug-likeness (QED) is 0.904. The highest BCUT2D eigenvalue weighted by Crippen LogP contribution is 2.26. The second-order valence-corrected chi connectivity index (χ2v) is 4.81. The standard InChI is InChI=1S/C12H13FN2OS/c1-2-3-4-11(16)15-12-14-9-6-5-8(13)7-10(9)17-12/h5-7H,2-4H2,1H3,(H,14,15,16). The lowest BCUT2D eigenvalue weighted by Gasteiger charge is -1.98. The number of hydrogen-bond donors (Lipinski definition) is 1. The van der Waals surface area contributed by atoms with Gasteiger partial charge in [-0.05, 0) is 24.6 Å². The number of fused-ring (bicyclic) bond motifs is 1. The van der Waals surface area contributed by atoms with E-state index in [1.807, 2.05) is 6.92 Å². The number of carbonyl (C=O) groups excluding carboxylic acids is 1. The maximum atomic E-state index is 13.0. The summed E-state index contributed by atoms with van der Waals surface area (Å²) in [5.74, 6) is -0.323. The van der Waals surface area contributed by atoms with Crippen LogP contribution in [0.2, 0.25) is 0 Å². The van der Waals surface area contributed by atoms with Crippen LogP contribution in [0.25, 0.3) is 10.2 Å². The van der Waals surface area contributed by atoms with Gasteiger partial charge in [0.1, 0.15) is 5.82 Å². The van der Waals surface area contributed by atoms with Crippen LogP contribution < -0.4 is 5.32 Å². The first-order valence-corrected chi connectivity index (χ1v) is 6.36. The van der Waals surface area contributed by atoms with Gasteiger partial charge in [0.25, 0.3) is 0 Å². The fourth-order valence-corrected chi connectivity index (χ4v) is 2.38. The number of halogens is 1. The smallest absolute Gasteiger partial charge is 0.226 e. The van der Waals surface area contributed by atoms with Crippen LogP contribution in [0, 0.1) is 5.82 Å². The zero-order valence-corrected chi connectivity index (χ0v) is 10.3. The Morgan fingerprint density at radius 2 is 2.35 bits per heavy atom. The molecule has 1 heterocycles. The molecule has 0 saturated heterocycles. The largest absolute Gasteiger partial charge is 0.302 e. The van der Waals surface area contributed by atoms with Crippen LogP contribution >= 0.6 is 11.3 Å². The molecule has 0 unspecified atom stereocenters. The van der Waals surface area contributed by atoms with Gasteiger partial charge in [0.2, 0.25) is 5.91 Å². The molecule has 0 bridgehead atoms. The predicted molar refractivity (Wildman–Crippen MR) is 67.7 cm³/mol. The Balaban J connectivity index is 2.11. The van der Waals surface area contributed by atoms with Gasteiger partial charge in [-0.1, -0.05) is 24.7 Å². The molecule has 0 saturated carbocycles. The molecule has 0 fully saturated rings. The third kappa shape index (κ3) is 3.00. The van der Waals surface area contributed by atoms with Crippen molar-refractivity contribution in [3.8, 4) is 0 Å². The lowest BCUT2D eigenvalue weighted by molar-refractivity contribution is -0.116. The third-order valence-corrected chi connectivity index (χ3v) is 3.29. The molecule has 1 amide bonds. The van der Waals surface area contributed by atoms with Crippen LogP contribution in [0.5, 0.6) is 0 Å². The average molecular weight is 252 g/mol. The van der Waals surface area contributed by atoms with Gasteiger partial charge < -0.3 is 5.32 Å². The molecule has 0 radical (unpaired) electrons. The molecule has 0 aliphatic heterocycles. The number of nitrogens with zero attached hydrogens (tertiary/aromatic N) is 1. The van der Waals surface area contributed by atoms with Crippen molar-refractivity contribution < 1.29 is 9.18 Å². The highest BCUT2D eigenvalue weighted by atomic mass is 32.1. The van der Waals surface area contributed by atoms with Crippen molar-refractivity contribution in [2.24, 2.45) is 0 Å². The topological polar surface area (TPSA) is 42.0 Å². The summed E-state index contributed by atoms with van der Waals surface area (Å²) in [5, 5.41) is 3.27. The van der Waals surface area contributed by atoms with Gasteiger partial charge in [0.15, 0.2) is 5.13 Å². The summed E-state index contributed by atoms with van der Waals surface area (Å²) < 4.78 is 13.7. The number of hydrogen-bond acceptors (Lipinski definition) is 3. The van der Waals surface area contributed by atoms with Crippen molar-refractivity contribution in [3.63, 3.8) is 0 Å². The van der Waals surface area contributed by atoms with E-state index >= 15 is 0 Å². The minimum atomic E-state index is -0.287. The van der Waals surface area contributed by atoms with E-state index in [1.54, 1.807) is 6.07 Å². The minimum Gasteiger partial charge on any atom is -0.302 e. The van der Waals surface area contributed by atoms with Crippen molar-refractivity contribution in [3.05, 3.63) is 24.0 Å². The molecule has 1 aromatic heterocycles. The Morgan fingerprint density at radius 3 is 3.12 bits per heavy atom. The van der Waals surface area contributed by atoms with Crippen molar-refractivity contribution in [2.75, 3.05) is 5.32 Å². The van der Waals surface area contributed by atoms with Gasteiger partial charge in [-0.15, -0.1) is 0 Å². The molecule has 1 N–H and O–H groups in total. The van der Waals surface area contributed by atoms with E-state index in [9.17, 15) is 9.18 Å². The van der Waals surface area contributed by atoms with Crippen LogP contribution in [0.1, 0.15) is 26.2 Å². The van der Waals surface area contributed by atoms with E-state index in [0.717, 1.165) is 17.5 Å². The summed E-state index contributed by atoms with van der Waals surface area (Å²) in [6, 6.07) is 4.41. The lowest BCUT2D eigenvalue weighted by Crippen LogP contribution is -2.10. The number of nitrogens with one attached hydrogen (secondary N) is 1. The molecule has 0 aliphatic carbocycles. The Morgan fingerprint density at radius 1 is 1.53 bits per heavy atom. The monoisotopic (exact) mass is 252 g/mol. The first-order valence-electron chi connectivity index (χ1n) is 5.55. The molecule has 0 atom stereocenters. The van der Waals surface area contributed by atoms with Crippen LogP contribution in [0.4, 0.5) is 9.52 Å². The maximum absolute atomic E-state index is 13.0. The van der Waals surface area contributed by atoms with Crippen LogP contribution in [-0.2, 0) is 4.79 Å². The number of benzene rings is 1. The molecule has 5 heteroatoms. The maximum Gasteiger partial charge on any atom is 0.226 e. The molecule has 1 aromatic carbocycles. The summed E-state index contributed by atoms with van der Waals surface area (Å²) in [4.78, 5) is 15.7. The van der Waals surface area contributed by atoms with Gasteiger partial charge in [0, 0.05) is 6.42 Å². The summed E-state index contributed by atoms with van der Waals surface area (Å²) in [6.45, 7) is 2.04. The van der Waals surface area contributed by atoms with E-state index < -0.39 is 0 Å². The highest BCUT2D eigenvalue weighted by Gasteiger charge is 2.07. The lowest BCUT2D eigenvalue weighted by atomic mass is 10.2. The Kier molecular flexibility index (Phi) is 3.68. The van der Waals surface area contributed by atoms with Crippen molar-refractivity contribution in [2.45, 2.75) is 26.2 Å². The second-order valence-electron chi connectivity index (χ2n) is 3.78. The zero-order valence-electron chi connectivity index (χ0n) is 9.50. The molecule has 2 rings (SSSR count). The Bertz CT molecular complexity index is 538. The van der Waals surface area contributed by atoms with Crippen molar-refractivity contribution in [1.82, 2.24) is 4.98 Å². The van der Waals surface area contributed by atoms with Gasteiger partial charge >= 0.3 is 0 Å². The normalized spacial score (nSPS) is 10.7. The van der Waals surface area contributed by atoms with Crippen LogP contribution in [-0.4, -0.2) is 10.9 Å². The van der Waals surface area contributed by atoms with Gasteiger partial charge in [-0.2, -0.15) is 0 Å². The summed E-state index contributed by atoms with van der Waals surface area (Å²) in [5.41, 5.74) is 0.710. The molecule has 90 valence electrons. The molecule has 0 aliphatic rings.